The van der Waals surface area contributed by atoms with E-state index in [0.29, 0.717) is 10.4 Å². The largest absolute Gasteiger partial charge is 0.409 e. The van der Waals surface area contributed by atoms with Crippen LogP contribution in [0.1, 0.15) is 36.9 Å². The van der Waals surface area contributed by atoms with Crippen molar-refractivity contribution in [1.29, 1.82) is 0 Å². The highest BCUT2D eigenvalue weighted by Gasteiger charge is 2.32. The molecule has 0 saturated heterocycles. The summed E-state index contributed by atoms with van der Waals surface area (Å²) < 4.78 is 0.404. The third-order valence-corrected chi connectivity index (χ3v) is 5.34. The highest BCUT2D eigenvalue weighted by atomic mass is 32.2. The molecule has 0 bridgehead atoms. The van der Waals surface area contributed by atoms with Gasteiger partial charge in [0.1, 0.15) is 5.69 Å². The molecule has 110 valence electrons. The average molecular weight is 294 g/mol. The Balaban J connectivity index is 1.91. The molecule has 1 aromatic rings. The summed E-state index contributed by atoms with van der Waals surface area (Å²) in [7, 11) is 0. The minimum atomic E-state index is 0.0447. The molecule has 0 radical (unpaired) electrons. The first kappa shape index (κ1) is 15.1. The molecule has 0 aliphatic heterocycles. The lowest BCUT2D eigenvalue weighted by Crippen LogP contribution is -2.34. The molecule has 1 aliphatic rings. The van der Waals surface area contributed by atoms with E-state index in [1.165, 1.54) is 25.7 Å². The van der Waals surface area contributed by atoms with Gasteiger partial charge in [0.25, 0.3) is 0 Å². The summed E-state index contributed by atoms with van der Waals surface area (Å²) in [5.74, 6) is 0.0447. The van der Waals surface area contributed by atoms with Crippen molar-refractivity contribution in [3.8, 4) is 0 Å². The number of nitrogens with zero attached hydrogens (tertiary/aromatic N) is 2. The molecule has 0 atom stereocenters. The summed E-state index contributed by atoms with van der Waals surface area (Å²) in [5.41, 5.74) is 7.15. The van der Waals surface area contributed by atoms with Crippen molar-refractivity contribution in [1.82, 2.24) is 10.3 Å². The number of nitrogens with two attached hydrogens (primary N) is 1. The Labute approximate surface area is 124 Å². The van der Waals surface area contributed by atoms with Crippen molar-refractivity contribution in [2.45, 2.75) is 37.0 Å². The number of nitrogens with one attached hydrogen (secondary N) is 1. The lowest BCUT2D eigenvalue weighted by molar-refractivity contribution is 0.318. The second-order valence-corrected chi connectivity index (χ2v) is 6.51. The molecule has 0 spiro atoms. The van der Waals surface area contributed by atoms with E-state index in [1.54, 1.807) is 6.20 Å². The van der Waals surface area contributed by atoms with Crippen LogP contribution in [0.3, 0.4) is 0 Å². The van der Waals surface area contributed by atoms with E-state index in [0.717, 1.165) is 18.7 Å². The van der Waals surface area contributed by atoms with Gasteiger partial charge in [0.2, 0.25) is 0 Å². The van der Waals surface area contributed by atoms with Crippen LogP contribution in [0.5, 0.6) is 0 Å². The fraction of sp³-hybridized carbons (Fsp3) is 0.571. The zero-order valence-corrected chi connectivity index (χ0v) is 12.6. The van der Waals surface area contributed by atoms with Crippen LogP contribution in [0.4, 0.5) is 0 Å². The summed E-state index contributed by atoms with van der Waals surface area (Å²) in [6.07, 6.45) is 9.16. The van der Waals surface area contributed by atoms with E-state index < -0.39 is 0 Å². The lowest BCUT2D eigenvalue weighted by Gasteiger charge is -2.27. The molecule has 1 aliphatic carbocycles. The van der Waals surface area contributed by atoms with Crippen molar-refractivity contribution in [2.24, 2.45) is 10.9 Å². The highest BCUT2D eigenvalue weighted by molar-refractivity contribution is 8.00. The van der Waals surface area contributed by atoms with Crippen LogP contribution in [-0.4, -0.2) is 33.6 Å². The molecule has 1 aromatic heterocycles. The first-order valence-corrected chi connectivity index (χ1v) is 8.10. The van der Waals surface area contributed by atoms with Gasteiger partial charge in [-0.15, -0.1) is 0 Å². The van der Waals surface area contributed by atoms with Crippen LogP contribution in [-0.2, 0) is 6.54 Å². The van der Waals surface area contributed by atoms with Gasteiger partial charge in [-0.2, -0.15) is 11.8 Å². The molecule has 0 amide bonds. The monoisotopic (exact) mass is 294 g/mol. The van der Waals surface area contributed by atoms with Crippen LogP contribution in [0.2, 0.25) is 0 Å². The molecule has 1 heterocycles. The molecule has 6 heteroatoms. The number of hydrogen-bond donors (Lipinski definition) is 3. The Kier molecular flexibility index (Phi) is 5.25. The minimum Gasteiger partial charge on any atom is -0.409 e. The number of rotatable bonds is 6. The van der Waals surface area contributed by atoms with Crippen molar-refractivity contribution in [3.05, 3.63) is 29.6 Å². The first-order valence-electron chi connectivity index (χ1n) is 6.88. The second-order valence-electron chi connectivity index (χ2n) is 5.23. The first-order chi connectivity index (χ1) is 9.69. The third-order valence-electron chi connectivity index (χ3n) is 3.92. The van der Waals surface area contributed by atoms with Gasteiger partial charge in [0, 0.05) is 24.0 Å². The standard InChI is InChI=1S/C14H22N4OS/c1-20-14(5-2-3-6-14)10-16-9-11-4-7-17-12(8-11)13(15)18-19/h4,7-8,16,19H,2-3,5-6,9-10H2,1H3,(H2,15,18). The molecule has 0 aromatic carbocycles. The van der Waals surface area contributed by atoms with Crippen molar-refractivity contribution >= 4 is 17.6 Å². The van der Waals surface area contributed by atoms with Gasteiger partial charge >= 0.3 is 0 Å². The van der Waals surface area contributed by atoms with Crippen LogP contribution in [0.25, 0.3) is 0 Å². The number of pyridine rings is 1. The zero-order valence-electron chi connectivity index (χ0n) is 11.8. The SMILES string of the molecule is CSC1(CNCc2ccnc(/C(N)=N/O)c2)CCCC1. The Hall–Kier alpha value is -1.27. The van der Waals surface area contributed by atoms with Crippen molar-refractivity contribution < 1.29 is 5.21 Å². The quantitative estimate of drug-likeness (QED) is 0.323. The van der Waals surface area contributed by atoms with E-state index in [1.807, 2.05) is 23.9 Å². The van der Waals surface area contributed by atoms with Crippen LogP contribution < -0.4 is 11.1 Å². The zero-order chi connectivity index (χ0) is 14.4. The molecule has 4 N–H and O–H groups in total. The van der Waals surface area contributed by atoms with Crippen molar-refractivity contribution in [3.63, 3.8) is 0 Å². The van der Waals surface area contributed by atoms with Gasteiger partial charge in [-0.05, 0) is 36.8 Å². The van der Waals surface area contributed by atoms with Gasteiger partial charge in [-0.25, -0.2) is 0 Å². The van der Waals surface area contributed by atoms with Crippen molar-refractivity contribution in [2.75, 3.05) is 12.8 Å². The van der Waals surface area contributed by atoms with Gasteiger partial charge in [0.15, 0.2) is 5.84 Å². The minimum absolute atomic E-state index is 0.0447. The van der Waals surface area contributed by atoms with Gasteiger partial charge in [-0.3, -0.25) is 4.98 Å². The van der Waals surface area contributed by atoms with Gasteiger partial charge in [-0.1, -0.05) is 18.0 Å². The maximum Gasteiger partial charge on any atom is 0.188 e. The number of amidine groups is 1. The second kappa shape index (κ2) is 6.95. The summed E-state index contributed by atoms with van der Waals surface area (Å²) in [5, 5.41) is 15.2. The van der Waals surface area contributed by atoms with E-state index >= 15 is 0 Å². The molecular formula is C14H22N4OS. The molecule has 0 unspecified atom stereocenters. The maximum atomic E-state index is 8.67. The molecule has 1 saturated carbocycles. The third kappa shape index (κ3) is 3.64. The van der Waals surface area contributed by atoms with E-state index in [2.05, 4.69) is 21.7 Å². The summed E-state index contributed by atoms with van der Waals surface area (Å²) in [6, 6.07) is 3.80. The van der Waals surface area contributed by atoms with Crippen LogP contribution >= 0.6 is 11.8 Å². The van der Waals surface area contributed by atoms with Gasteiger partial charge in [0.05, 0.1) is 0 Å². The fourth-order valence-electron chi connectivity index (χ4n) is 2.68. The smallest absolute Gasteiger partial charge is 0.188 e. The predicted octanol–water partition coefficient (Wildman–Crippen LogP) is 1.94. The van der Waals surface area contributed by atoms with E-state index in [4.69, 9.17) is 10.9 Å². The molecular weight excluding hydrogens is 272 g/mol. The summed E-state index contributed by atoms with van der Waals surface area (Å²) in [6.45, 7) is 1.80. The molecule has 1 fully saturated rings. The topological polar surface area (TPSA) is 83.5 Å². The number of thioether (sulfide) groups is 1. The summed E-state index contributed by atoms with van der Waals surface area (Å²) >= 11 is 1.98. The average Bonchev–Trinajstić information content (AvgIpc) is 2.96. The maximum absolute atomic E-state index is 8.67. The van der Waals surface area contributed by atoms with Crippen LogP contribution in [0, 0.1) is 0 Å². The van der Waals surface area contributed by atoms with E-state index in [9.17, 15) is 0 Å². The lowest BCUT2D eigenvalue weighted by atomic mass is 10.1. The Bertz CT molecular complexity index is 472. The van der Waals surface area contributed by atoms with E-state index in [-0.39, 0.29) is 5.84 Å². The van der Waals surface area contributed by atoms with Gasteiger partial charge < -0.3 is 16.3 Å². The fourth-order valence-corrected chi connectivity index (χ4v) is 3.63. The number of hydrogen-bond acceptors (Lipinski definition) is 5. The summed E-state index contributed by atoms with van der Waals surface area (Å²) in [4.78, 5) is 4.08. The molecule has 5 nitrogen and oxygen atoms in total. The molecule has 2 rings (SSSR count). The highest BCUT2D eigenvalue weighted by Crippen LogP contribution is 2.39. The predicted molar refractivity (Wildman–Crippen MR) is 83.2 cm³/mol. The Morgan fingerprint density at radius 1 is 1.55 bits per heavy atom. The molecule has 20 heavy (non-hydrogen) atoms. The normalized spacial score (nSPS) is 18.4. The number of aromatic nitrogens is 1. The Morgan fingerprint density at radius 3 is 2.95 bits per heavy atom. The Morgan fingerprint density at radius 2 is 2.30 bits per heavy atom. The number of oxime groups is 1. The van der Waals surface area contributed by atoms with Crippen LogP contribution in [0.15, 0.2) is 23.5 Å².